The summed E-state index contributed by atoms with van der Waals surface area (Å²) < 4.78 is 43.4. The number of rotatable bonds is 4. The van der Waals surface area contributed by atoms with Crippen LogP contribution in [-0.4, -0.2) is 17.7 Å². The zero-order valence-electron chi connectivity index (χ0n) is 14.0. The van der Waals surface area contributed by atoms with Gasteiger partial charge in [0.05, 0.1) is 23.8 Å². The number of carbonyl (C=O) groups excluding carboxylic acids is 1. The second kappa shape index (κ2) is 7.43. The number of halogens is 3. The highest BCUT2D eigenvalue weighted by Crippen LogP contribution is 2.33. The molecule has 0 aromatic heterocycles. The summed E-state index contributed by atoms with van der Waals surface area (Å²) in [4.78, 5) is 12.4. The van der Waals surface area contributed by atoms with E-state index in [0.29, 0.717) is 21.9 Å². The second-order valence-electron chi connectivity index (χ2n) is 5.85. The van der Waals surface area contributed by atoms with Crippen molar-refractivity contribution in [3.05, 3.63) is 46.7 Å². The number of ether oxygens (including phenoxy) is 1. The van der Waals surface area contributed by atoms with E-state index in [9.17, 15) is 18.0 Å². The Kier molecular flexibility index (Phi) is 5.72. The lowest BCUT2D eigenvalue weighted by atomic mass is 9.91. The molecule has 1 aliphatic rings. The summed E-state index contributed by atoms with van der Waals surface area (Å²) in [6.07, 6.45) is -4.42. The SMILES string of the molecule is CCOC(=O)C1=C(C(C)C)NC(=S)N[C@H]1c1ccc(C(F)(F)F)cc1. The topological polar surface area (TPSA) is 50.4 Å². The van der Waals surface area contributed by atoms with Gasteiger partial charge in [-0.25, -0.2) is 4.79 Å². The Morgan fingerprint density at radius 1 is 1.28 bits per heavy atom. The molecular formula is C17H19F3N2O2S. The van der Waals surface area contributed by atoms with E-state index in [-0.39, 0.29) is 12.5 Å². The molecule has 136 valence electrons. The minimum atomic E-state index is -4.42. The molecule has 0 aliphatic carbocycles. The van der Waals surface area contributed by atoms with Gasteiger partial charge in [0.1, 0.15) is 0 Å². The van der Waals surface area contributed by atoms with Gasteiger partial charge in [-0.15, -0.1) is 0 Å². The lowest BCUT2D eigenvalue weighted by molar-refractivity contribution is -0.139. The maximum Gasteiger partial charge on any atom is 0.416 e. The van der Waals surface area contributed by atoms with Gasteiger partial charge in [-0.05, 0) is 42.8 Å². The molecule has 0 amide bonds. The summed E-state index contributed by atoms with van der Waals surface area (Å²) >= 11 is 5.18. The monoisotopic (exact) mass is 372 g/mol. The van der Waals surface area contributed by atoms with Crippen molar-refractivity contribution in [3.8, 4) is 0 Å². The first kappa shape index (κ1) is 19.2. The van der Waals surface area contributed by atoms with E-state index >= 15 is 0 Å². The maximum absolute atomic E-state index is 12.8. The molecule has 2 N–H and O–H groups in total. The van der Waals surface area contributed by atoms with Crippen molar-refractivity contribution >= 4 is 23.3 Å². The number of allylic oxidation sites excluding steroid dienone is 1. The zero-order chi connectivity index (χ0) is 18.8. The first-order chi connectivity index (χ1) is 11.6. The number of benzene rings is 1. The summed E-state index contributed by atoms with van der Waals surface area (Å²) in [5.74, 6) is -0.574. The number of alkyl halides is 3. The minimum absolute atomic E-state index is 0.0450. The minimum Gasteiger partial charge on any atom is -0.463 e. The molecule has 0 saturated carbocycles. The average molecular weight is 372 g/mol. The van der Waals surface area contributed by atoms with E-state index in [1.54, 1.807) is 6.92 Å². The summed E-state index contributed by atoms with van der Waals surface area (Å²) in [5.41, 5.74) is 0.675. The Balaban J connectivity index is 2.50. The number of thiocarbonyl (C=S) groups is 1. The van der Waals surface area contributed by atoms with Crippen LogP contribution in [-0.2, 0) is 15.7 Å². The molecule has 1 aliphatic heterocycles. The van der Waals surface area contributed by atoms with Crippen LogP contribution in [0.5, 0.6) is 0 Å². The van der Waals surface area contributed by atoms with Crippen molar-refractivity contribution in [2.75, 3.05) is 6.61 Å². The van der Waals surface area contributed by atoms with Gasteiger partial charge in [0.2, 0.25) is 0 Å². The van der Waals surface area contributed by atoms with E-state index in [1.807, 2.05) is 13.8 Å². The van der Waals surface area contributed by atoms with Crippen molar-refractivity contribution in [1.82, 2.24) is 10.6 Å². The quantitative estimate of drug-likeness (QED) is 0.624. The third kappa shape index (κ3) is 4.31. The fourth-order valence-electron chi connectivity index (χ4n) is 2.59. The van der Waals surface area contributed by atoms with Crippen LogP contribution >= 0.6 is 12.2 Å². The van der Waals surface area contributed by atoms with Gasteiger partial charge in [0.15, 0.2) is 5.11 Å². The van der Waals surface area contributed by atoms with Crippen LogP contribution in [0.15, 0.2) is 35.5 Å². The molecule has 0 spiro atoms. The van der Waals surface area contributed by atoms with E-state index in [0.717, 1.165) is 12.1 Å². The molecule has 0 radical (unpaired) electrons. The van der Waals surface area contributed by atoms with Crippen molar-refractivity contribution < 1.29 is 22.7 Å². The van der Waals surface area contributed by atoms with Crippen molar-refractivity contribution in [1.29, 1.82) is 0 Å². The molecule has 1 heterocycles. The maximum atomic E-state index is 12.8. The largest absolute Gasteiger partial charge is 0.463 e. The van der Waals surface area contributed by atoms with Gasteiger partial charge in [0.25, 0.3) is 0 Å². The molecule has 4 nitrogen and oxygen atoms in total. The first-order valence-corrected chi connectivity index (χ1v) is 8.21. The molecule has 8 heteroatoms. The van der Waals surface area contributed by atoms with Crippen LogP contribution < -0.4 is 10.6 Å². The Morgan fingerprint density at radius 2 is 1.88 bits per heavy atom. The predicted octanol–water partition coefficient (Wildman–Crippen LogP) is 3.70. The standard InChI is InChI=1S/C17H19F3N2O2S/c1-4-24-15(23)12-13(9(2)3)21-16(25)22-14(12)10-5-7-11(8-6-10)17(18,19)20/h5-9,14H,4H2,1-3H3,(H2,21,22,25)/t14-/m0/s1. The van der Waals surface area contributed by atoms with Crippen LogP contribution in [0.1, 0.15) is 37.9 Å². The Hall–Kier alpha value is -2.09. The number of esters is 1. The number of hydrogen-bond acceptors (Lipinski definition) is 3. The lowest BCUT2D eigenvalue weighted by Crippen LogP contribution is -2.47. The summed E-state index contributed by atoms with van der Waals surface area (Å²) in [7, 11) is 0. The van der Waals surface area contributed by atoms with Gasteiger partial charge in [0, 0.05) is 5.70 Å². The van der Waals surface area contributed by atoms with Gasteiger partial charge in [-0.1, -0.05) is 26.0 Å². The van der Waals surface area contributed by atoms with Crippen LogP contribution in [0.4, 0.5) is 13.2 Å². The Bertz CT molecular complexity index is 697. The van der Waals surface area contributed by atoms with Crippen molar-refractivity contribution in [2.45, 2.75) is 33.0 Å². The smallest absolute Gasteiger partial charge is 0.416 e. The summed E-state index contributed by atoms with van der Waals surface area (Å²) in [6.45, 7) is 5.66. The van der Waals surface area contributed by atoms with Crippen LogP contribution in [0.2, 0.25) is 0 Å². The summed E-state index contributed by atoms with van der Waals surface area (Å²) in [6, 6.07) is 3.98. The molecule has 0 fully saturated rings. The molecule has 2 rings (SSSR count). The molecule has 0 unspecified atom stereocenters. The number of hydrogen-bond donors (Lipinski definition) is 2. The third-order valence-electron chi connectivity index (χ3n) is 3.75. The highest BCUT2D eigenvalue weighted by Gasteiger charge is 2.35. The zero-order valence-corrected chi connectivity index (χ0v) is 14.8. The lowest BCUT2D eigenvalue weighted by Gasteiger charge is -2.32. The summed E-state index contributed by atoms with van der Waals surface area (Å²) in [5, 5.41) is 6.21. The molecule has 1 atom stereocenters. The molecular weight excluding hydrogens is 353 g/mol. The Morgan fingerprint density at radius 3 is 2.36 bits per heavy atom. The first-order valence-electron chi connectivity index (χ1n) is 7.81. The van der Waals surface area contributed by atoms with E-state index in [4.69, 9.17) is 17.0 Å². The molecule has 0 bridgehead atoms. The van der Waals surface area contributed by atoms with Gasteiger partial charge in [-0.3, -0.25) is 0 Å². The van der Waals surface area contributed by atoms with Gasteiger partial charge in [-0.2, -0.15) is 13.2 Å². The average Bonchev–Trinajstić information content (AvgIpc) is 2.53. The molecule has 25 heavy (non-hydrogen) atoms. The fourth-order valence-corrected chi connectivity index (χ4v) is 2.82. The van der Waals surface area contributed by atoms with Gasteiger partial charge < -0.3 is 15.4 Å². The van der Waals surface area contributed by atoms with Crippen LogP contribution in [0.3, 0.4) is 0 Å². The van der Waals surface area contributed by atoms with Crippen molar-refractivity contribution in [2.24, 2.45) is 5.92 Å². The van der Waals surface area contributed by atoms with E-state index in [2.05, 4.69) is 10.6 Å². The molecule has 1 aromatic rings. The fraction of sp³-hybridized carbons (Fsp3) is 0.412. The Labute approximate surface area is 149 Å². The van der Waals surface area contributed by atoms with Crippen LogP contribution in [0, 0.1) is 5.92 Å². The van der Waals surface area contributed by atoms with E-state index < -0.39 is 23.8 Å². The molecule has 0 saturated heterocycles. The van der Waals surface area contributed by atoms with Crippen molar-refractivity contribution in [3.63, 3.8) is 0 Å². The van der Waals surface area contributed by atoms with E-state index in [1.165, 1.54) is 12.1 Å². The normalized spacial score (nSPS) is 18.0. The highest BCUT2D eigenvalue weighted by atomic mass is 32.1. The van der Waals surface area contributed by atoms with Crippen LogP contribution in [0.25, 0.3) is 0 Å². The number of carbonyl (C=O) groups is 1. The predicted molar refractivity (Wildman–Crippen MR) is 91.6 cm³/mol. The third-order valence-corrected chi connectivity index (χ3v) is 3.97. The number of nitrogens with one attached hydrogen (secondary N) is 2. The second-order valence-corrected chi connectivity index (χ2v) is 6.26. The van der Waals surface area contributed by atoms with Gasteiger partial charge >= 0.3 is 12.1 Å². The highest BCUT2D eigenvalue weighted by molar-refractivity contribution is 7.80. The molecule has 1 aromatic carbocycles.